The summed E-state index contributed by atoms with van der Waals surface area (Å²) in [7, 11) is 3.91. The van der Waals surface area contributed by atoms with Crippen molar-refractivity contribution >= 4 is 42.2 Å². The standard InChI is InChI=1S/C14H24N4O.2ClH/c1-18(2)12-8-9-13(16-11-12)17-14(19)7-5-3-4-6-10-15;;/h8-9,11H,3-7,10,15H2,1-2H3,(H,16,17,19);2*1H. The van der Waals surface area contributed by atoms with Gasteiger partial charge < -0.3 is 16.0 Å². The fraction of sp³-hybridized carbons (Fsp3) is 0.571. The number of hydrogen-bond donors (Lipinski definition) is 2. The van der Waals surface area contributed by atoms with Gasteiger partial charge in [0.15, 0.2) is 0 Å². The molecule has 0 unspecified atom stereocenters. The Morgan fingerprint density at radius 3 is 2.38 bits per heavy atom. The van der Waals surface area contributed by atoms with Crippen LogP contribution in [0.2, 0.25) is 0 Å². The van der Waals surface area contributed by atoms with Gasteiger partial charge in [-0.25, -0.2) is 4.98 Å². The van der Waals surface area contributed by atoms with Crippen LogP contribution in [0.15, 0.2) is 18.3 Å². The predicted molar refractivity (Wildman–Crippen MR) is 93.8 cm³/mol. The zero-order valence-corrected chi connectivity index (χ0v) is 14.3. The number of nitrogens with two attached hydrogens (primary N) is 1. The Balaban J connectivity index is 0. The van der Waals surface area contributed by atoms with Crippen LogP contribution >= 0.6 is 24.8 Å². The van der Waals surface area contributed by atoms with E-state index in [1.807, 2.05) is 31.1 Å². The largest absolute Gasteiger partial charge is 0.376 e. The van der Waals surface area contributed by atoms with E-state index in [9.17, 15) is 4.79 Å². The summed E-state index contributed by atoms with van der Waals surface area (Å²) in [6.07, 6.45) is 6.38. The van der Waals surface area contributed by atoms with Crippen molar-refractivity contribution in [3.8, 4) is 0 Å². The van der Waals surface area contributed by atoms with Gasteiger partial charge in [-0.2, -0.15) is 0 Å². The molecule has 1 rings (SSSR count). The molecule has 0 aliphatic carbocycles. The van der Waals surface area contributed by atoms with Crippen LogP contribution in [0.5, 0.6) is 0 Å². The Hall–Kier alpha value is -1.04. The summed E-state index contributed by atoms with van der Waals surface area (Å²) in [4.78, 5) is 17.9. The maximum absolute atomic E-state index is 11.7. The van der Waals surface area contributed by atoms with Crippen LogP contribution < -0.4 is 16.0 Å². The second kappa shape index (κ2) is 12.7. The molecule has 21 heavy (non-hydrogen) atoms. The summed E-state index contributed by atoms with van der Waals surface area (Å²) in [5, 5.41) is 2.81. The van der Waals surface area contributed by atoms with Gasteiger partial charge >= 0.3 is 0 Å². The van der Waals surface area contributed by atoms with Crippen molar-refractivity contribution in [2.75, 3.05) is 30.9 Å². The third-order valence-electron chi connectivity index (χ3n) is 2.89. The van der Waals surface area contributed by atoms with Crippen LogP contribution in [0.1, 0.15) is 32.1 Å². The second-order valence-electron chi connectivity index (χ2n) is 4.80. The Bertz CT molecular complexity index is 385. The van der Waals surface area contributed by atoms with E-state index >= 15 is 0 Å². The van der Waals surface area contributed by atoms with Crippen LogP contribution in [-0.4, -0.2) is 31.5 Å². The molecule has 1 aromatic heterocycles. The number of unbranched alkanes of at least 4 members (excludes halogenated alkanes) is 3. The smallest absolute Gasteiger partial charge is 0.225 e. The van der Waals surface area contributed by atoms with Crippen molar-refractivity contribution in [1.82, 2.24) is 4.98 Å². The van der Waals surface area contributed by atoms with Gasteiger partial charge in [-0.15, -0.1) is 24.8 Å². The first kappa shape index (κ1) is 22.2. The maximum Gasteiger partial charge on any atom is 0.225 e. The molecule has 0 saturated heterocycles. The lowest BCUT2D eigenvalue weighted by molar-refractivity contribution is -0.116. The van der Waals surface area contributed by atoms with Gasteiger partial charge in [-0.05, 0) is 31.5 Å². The summed E-state index contributed by atoms with van der Waals surface area (Å²) in [6.45, 7) is 0.730. The quantitative estimate of drug-likeness (QED) is 0.716. The van der Waals surface area contributed by atoms with Crippen molar-refractivity contribution in [1.29, 1.82) is 0 Å². The van der Waals surface area contributed by atoms with Gasteiger partial charge in [0.05, 0.1) is 11.9 Å². The van der Waals surface area contributed by atoms with Crippen molar-refractivity contribution in [2.45, 2.75) is 32.1 Å². The van der Waals surface area contributed by atoms with Crippen molar-refractivity contribution in [2.24, 2.45) is 5.73 Å². The van der Waals surface area contributed by atoms with E-state index < -0.39 is 0 Å². The molecular formula is C14H26Cl2N4O. The minimum absolute atomic E-state index is 0. The number of carbonyl (C=O) groups is 1. The summed E-state index contributed by atoms with van der Waals surface area (Å²) in [6, 6.07) is 3.76. The molecule has 0 fully saturated rings. The number of carbonyl (C=O) groups excluding carboxylic acids is 1. The van der Waals surface area contributed by atoms with E-state index in [4.69, 9.17) is 5.73 Å². The van der Waals surface area contributed by atoms with Gasteiger partial charge in [0.1, 0.15) is 5.82 Å². The molecule has 7 heteroatoms. The summed E-state index contributed by atoms with van der Waals surface area (Å²) >= 11 is 0. The molecule has 0 aromatic carbocycles. The topological polar surface area (TPSA) is 71.2 Å². The van der Waals surface area contributed by atoms with E-state index in [0.717, 1.165) is 37.9 Å². The normalized spacial score (nSPS) is 9.29. The zero-order chi connectivity index (χ0) is 14.1. The Morgan fingerprint density at radius 2 is 1.86 bits per heavy atom. The molecule has 0 aliphatic heterocycles. The second-order valence-corrected chi connectivity index (χ2v) is 4.80. The first-order valence-electron chi connectivity index (χ1n) is 6.77. The Morgan fingerprint density at radius 1 is 1.19 bits per heavy atom. The average molecular weight is 337 g/mol. The van der Waals surface area contributed by atoms with Crippen LogP contribution in [0, 0.1) is 0 Å². The molecule has 0 aliphatic rings. The van der Waals surface area contributed by atoms with Crippen molar-refractivity contribution in [3.05, 3.63) is 18.3 Å². The molecule has 0 spiro atoms. The number of amides is 1. The highest BCUT2D eigenvalue weighted by Gasteiger charge is 2.03. The van der Waals surface area contributed by atoms with Gasteiger partial charge in [0.25, 0.3) is 0 Å². The molecule has 5 nitrogen and oxygen atoms in total. The zero-order valence-electron chi connectivity index (χ0n) is 12.7. The molecule has 1 amide bonds. The molecule has 0 atom stereocenters. The number of nitrogens with zero attached hydrogens (tertiary/aromatic N) is 2. The predicted octanol–water partition coefficient (Wildman–Crippen LogP) is 2.84. The van der Waals surface area contributed by atoms with Gasteiger partial charge in [0.2, 0.25) is 5.91 Å². The third kappa shape index (κ3) is 9.50. The monoisotopic (exact) mass is 336 g/mol. The van der Waals surface area contributed by atoms with Gasteiger partial charge in [-0.3, -0.25) is 4.79 Å². The molecule has 1 heterocycles. The van der Waals surface area contributed by atoms with E-state index in [-0.39, 0.29) is 30.7 Å². The lowest BCUT2D eigenvalue weighted by Gasteiger charge is -2.12. The average Bonchev–Trinajstić information content (AvgIpc) is 2.39. The van der Waals surface area contributed by atoms with Crippen LogP contribution in [0.25, 0.3) is 0 Å². The van der Waals surface area contributed by atoms with E-state index in [2.05, 4.69) is 10.3 Å². The number of hydrogen-bond acceptors (Lipinski definition) is 4. The van der Waals surface area contributed by atoms with Crippen molar-refractivity contribution < 1.29 is 4.79 Å². The van der Waals surface area contributed by atoms with Gasteiger partial charge in [-0.1, -0.05) is 12.8 Å². The van der Waals surface area contributed by atoms with Gasteiger partial charge in [0, 0.05) is 20.5 Å². The first-order chi connectivity index (χ1) is 9.13. The minimum Gasteiger partial charge on any atom is -0.376 e. The maximum atomic E-state index is 11.7. The number of nitrogens with one attached hydrogen (secondary N) is 1. The van der Waals surface area contributed by atoms with Crippen LogP contribution in [0.4, 0.5) is 11.5 Å². The van der Waals surface area contributed by atoms with E-state index in [0.29, 0.717) is 12.2 Å². The van der Waals surface area contributed by atoms with E-state index in [1.165, 1.54) is 0 Å². The fourth-order valence-corrected chi connectivity index (χ4v) is 1.71. The molecule has 0 radical (unpaired) electrons. The third-order valence-corrected chi connectivity index (χ3v) is 2.89. The van der Waals surface area contributed by atoms with Crippen LogP contribution in [0.3, 0.4) is 0 Å². The highest BCUT2D eigenvalue weighted by atomic mass is 35.5. The van der Waals surface area contributed by atoms with E-state index in [1.54, 1.807) is 6.20 Å². The summed E-state index contributed by atoms with van der Waals surface area (Å²) < 4.78 is 0. The molecule has 3 N–H and O–H groups in total. The minimum atomic E-state index is 0. The number of aromatic nitrogens is 1. The van der Waals surface area contributed by atoms with Crippen LogP contribution in [-0.2, 0) is 4.79 Å². The summed E-state index contributed by atoms with van der Waals surface area (Å²) in [5.41, 5.74) is 6.43. The Kier molecular flexibility index (Phi) is 13.4. The highest BCUT2D eigenvalue weighted by Crippen LogP contribution is 2.12. The highest BCUT2D eigenvalue weighted by molar-refractivity contribution is 5.89. The molecular weight excluding hydrogens is 311 g/mol. The number of rotatable bonds is 8. The number of pyridine rings is 1. The Labute approximate surface area is 139 Å². The number of anilines is 2. The number of halogens is 2. The lowest BCUT2D eigenvalue weighted by atomic mass is 10.1. The molecule has 0 saturated carbocycles. The lowest BCUT2D eigenvalue weighted by Crippen LogP contribution is -2.13. The first-order valence-corrected chi connectivity index (χ1v) is 6.77. The summed E-state index contributed by atoms with van der Waals surface area (Å²) in [5.74, 6) is 0.635. The fourth-order valence-electron chi connectivity index (χ4n) is 1.71. The SMILES string of the molecule is CN(C)c1ccc(NC(=O)CCCCCCN)nc1.Cl.Cl. The van der Waals surface area contributed by atoms with Crippen molar-refractivity contribution in [3.63, 3.8) is 0 Å². The molecule has 0 bridgehead atoms. The molecule has 1 aromatic rings. The molecule has 122 valence electrons.